The van der Waals surface area contributed by atoms with Gasteiger partial charge in [-0.3, -0.25) is 9.59 Å². The summed E-state index contributed by atoms with van der Waals surface area (Å²) in [5.74, 6) is -1.23. The van der Waals surface area contributed by atoms with E-state index in [9.17, 15) is 14.0 Å². The van der Waals surface area contributed by atoms with Gasteiger partial charge in [0.25, 0.3) is 5.91 Å². The van der Waals surface area contributed by atoms with Crippen LogP contribution in [0.5, 0.6) is 0 Å². The molecule has 0 spiro atoms. The van der Waals surface area contributed by atoms with E-state index in [1.165, 1.54) is 23.1 Å². The van der Waals surface area contributed by atoms with Crippen LogP contribution in [0.25, 0.3) is 0 Å². The molecule has 2 aromatic rings. The zero-order valence-corrected chi connectivity index (χ0v) is 18.1. The SMILES string of the molecule is Cc1cccc(NC(=O)CN(CC2CCCO2)C(=O)c2cc(F)ccc2Br)c1C. The zero-order chi connectivity index (χ0) is 21.0. The largest absolute Gasteiger partial charge is 0.376 e. The molecule has 2 aromatic carbocycles. The lowest BCUT2D eigenvalue weighted by molar-refractivity contribution is -0.117. The molecule has 154 valence electrons. The number of anilines is 1. The Morgan fingerprint density at radius 3 is 2.79 bits per heavy atom. The first kappa shape index (κ1) is 21.5. The third-order valence-corrected chi connectivity index (χ3v) is 5.80. The Balaban J connectivity index is 1.79. The summed E-state index contributed by atoms with van der Waals surface area (Å²) < 4.78 is 19.8. The van der Waals surface area contributed by atoms with Crippen LogP contribution in [0.1, 0.15) is 34.3 Å². The van der Waals surface area contributed by atoms with Crippen molar-refractivity contribution >= 4 is 33.4 Å². The summed E-state index contributed by atoms with van der Waals surface area (Å²) in [7, 11) is 0. The van der Waals surface area contributed by atoms with Crippen LogP contribution in [0.4, 0.5) is 10.1 Å². The Bertz CT molecular complexity index is 913. The molecule has 1 fully saturated rings. The highest BCUT2D eigenvalue weighted by Crippen LogP contribution is 2.22. The maximum atomic E-state index is 13.7. The number of hydrogen-bond acceptors (Lipinski definition) is 3. The number of aryl methyl sites for hydroxylation is 1. The highest BCUT2D eigenvalue weighted by atomic mass is 79.9. The molecule has 1 unspecified atom stereocenters. The van der Waals surface area contributed by atoms with Gasteiger partial charge >= 0.3 is 0 Å². The van der Waals surface area contributed by atoms with Crippen LogP contribution < -0.4 is 5.32 Å². The molecule has 2 amide bonds. The van der Waals surface area contributed by atoms with Crippen molar-refractivity contribution in [3.05, 3.63) is 63.4 Å². The third-order valence-electron chi connectivity index (χ3n) is 5.11. The van der Waals surface area contributed by atoms with Crippen molar-refractivity contribution in [2.45, 2.75) is 32.8 Å². The molecular formula is C22H24BrFN2O3. The molecule has 1 aliphatic rings. The Kier molecular flexibility index (Phi) is 7.03. The highest BCUT2D eigenvalue weighted by molar-refractivity contribution is 9.10. The minimum absolute atomic E-state index is 0.125. The number of rotatable bonds is 6. The number of amides is 2. The van der Waals surface area contributed by atoms with Crippen LogP contribution >= 0.6 is 15.9 Å². The van der Waals surface area contributed by atoms with Gasteiger partial charge < -0.3 is 15.0 Å². The average Bonchev–Trinajstić information content (AvgIpc) is 3.19. The maximum Gasteiger partial charge on any atom is 0.255 e. The average molecular weight is 463 g/mol. The van der Waals surface area contributed by atoms with E-state index >= 15 is 0 Å². The van der Waals surface area contributed by atoms with E-state index in [1.54, 1.807) is 0 Å². The number of carbonyl (C=O) groups is 2. The standard InChI is InChI=1S/C22H24BrFN2O3/c1-14-5-3-7-20(15(14)2)25-21(27)13-26(12-17-6-4-10-29-17)22(28)18-11-16(24)8-9-19(18)23/h3,5,7-9,11,17H,4,6,10,12-13H2,1-2H3,(H,25,27). The fraction of sp³-hybridized carbons (Fsp3) is 0.364. The van der Waals surface area contributed by atoms with Gasteiger partial charge in [0.15, 0.2) is 0 Å². The van der Waals surface area contributed by atoms with Crippen molar-refractivity contribution in [1.82, 2.24) is 4.90 Å². The van der Waals surface area contributed by atoms with Crippen molar-refractivity contribution in [2.75, 3.05) is 25.0 Å². The smallest absolute Gasteiger partial charge is 0.255 e. The van der Waals surface area contributed by atoms with Crippen LogP contribution in [0, 0.1) is 19.7 Å². The lowest BCUT2D eigenvalue weighted by Crippen LogP contribution is -2.42. The van der Waals surface area contributed by atoms with Gasteiger partial charge in [0.1, 0.15) is 12.4 Å². The van der Waals surface area contributed by atoms with E-state index in [4.69, 9.17) is 4.74 Å². The van der Waals surface area contributed by atoms with Gasteiger partial charge in [0, 0.05) is 23.3 Å². The van der Waals surface area contributed by atoms with Gasteiger partial charge in [-0.15, -0.1) is 0 Å². The molecule has 0 saturated carbocycles. The van der Waals surface area contributed by atoms with Gasteiger partial charge in [-0.1, -0.05) is 12.1 Å². The first-order valence-corrected chi connectivity index (χ1v) is 10.4. The summed E-state index contributed by atoms with van der Waals surface area (Å²) in [5.41, 5.74) is 2.94. The summed E-state index contributed by atoms with van der Waals surface area (Å²) in [5, 5.41) is 2.88. The molecule has 7 heteroatoms. The zero-order valence-electron chi connectivity index (χ0n) is 16.5. The normalized spacial score (nSPS) is 15.9. The lowest BCUT2D eigenvalue weighted by atomic mass is 10.1. The molecule has 29 heavy (non-hydrogen) atoms. The summed E-state index contributed by atoms with van der Waals surface area (Å²) in [6.45, 7) is 4.69. The highest BCUT2D eigenvalue weighted by Gasteiger charge is 2.26. The van der Waals surface area contributed by atoms with E-state index < -0.39 is 11.7 Å². The first-order valence-electron chi connectivity index (χ1n) is 9.57. The molecule has 1 atom stereocenters. The molecule has 1 N–H and O–H groups in total. The molecular weight excluding hydrogens is 439 g/mol. The topological polar surface area (TPSA) is 58.6 Å². The van der Waals surface area contributed by atoms with Gasteiger partial charge in [0.2, 0.25) is 5.91 Å². The summed E-state index contributed by atoms with van der Waals surface area (Å²) >= 11 is 3.30. The summed E-state index contributed by atoms with van der Waals surface area (Å²) in [6.07, 6.45) is 1.62. The van der Waals surface area contributed by atoms with Crippen molar-refractivity contribution < 1.29 is 18.7 Å². The first-order chi connectivity index (χ1) is 13.8. The maximum absolute atomic E-state index is 13.7. The number of halogens is 2. The van der Waals surface area contributed by atoms with Gasteiger partial charge in [-0.2, -0.15) is 0 Å². The molecule has 1 heterocycles. The Labute approximate surface area is 178 Å². The second-order valence-corrected chi connectivity index (χ2v) is 8.09. The molecule has 1 aliphatic heterocycles. The quantitative estimate of drug-likeness (QED) is 0.688. The Hall–Kier alpha value is -2.25. The molecule has 0 aromatic heterocycles. The van der Waals surface area contributed by atoms with Crippen molar-refractivity contribution in [2.24, 2.45) is 0 Å². The van der Waals surface area contributed by atoms with Crippen molar-refractivity contribution in [1.29, 1.82) is 0 Å². The van der Waals surface area contributed by atoms with Crippen LogP contribution in [0.3, 0.4) is 0 Å². The van der Waals surface area contributed by atoms with Gasteiger partial charge in [-0.25, -0.2) is 4.39 Å². The van der Waals surface area contributed by atoms with Gasteiger partial charge in [0.05, 0.1) is 11.7 Å². The summed E-state index contributed by atoms with van der Waals surface area (Å²) in [6, 6.07) is 9.62. The number of benzene rings is 2. The predicted octanol–water partition coefficient (Wildman–Crippen LogP) is 4.46. The number of nitrogens with zero attached hydrogens (tertiary/aromatic N) is 1. The van der Waals surface area contributed by atoms with E-state index in [2.05, 4.69) is 21.2 Å². The van der Waals surface area contributed by atoms with E-state index in [0.29, 0.717) is 16.8 Å². The van der Waals surface area contributed by atoms with Crippen LogP contribution in [0.15, 0.2) is 40.9 Å². The molecule has 1 saturated heterocycles. The monoisotopic (exact) mass is 462 g/mol. The second-order valence-electron chi connectivity index (χ2n) is 7.24. The molecule has 0 bridgehead atoms. The molecule has 0 radical (unpaired) electrons. The predicted molar refractivity (Wildman–Crippen MR) is 114 cm³/mol. The number of hydrogen-bond donors (Lipinski definition) is 1. The van der Waals surface area contributed by atoms with E-state index in [0.717, 1.165) is 24.0 Å². The number of ether oxygens (including phenoxy) is 1. The number of nitrogens with one attached hydrogen (secondary N) is 1. The summed E-state index contributed by atoms with van der Waals surface area (Å²) in [4.78, 5) is 27.3. The van der Waals surface area contributed by atoms with Crippen molar-refractivity contribution in [3.8, 4) is 0 Å². The fourth-order valence-corrected chi connectivity index (χ4v) is 3.75. The van der Waals surface area contributed by atoms with Crippen LogP contribution in [-0.4, -0.2) is 42.5 Å². The Morgan fingerprint density at radius 2 is 2.07 bits per heavy atom. The third kappa shape index (κ3) is 5.42. The van der Waals surface area contributed by atoms with E-state index in [1.807, 2.05) is 32.0 Å². The van der Waals surface area contributed by atoms with Crippen LogP contribution in [-0.2, 0) is 9.53 Å². The minimum atomic E-state index is -0.506. The molecule has 3 rings (SSSR count). The van der Waals surface area contributed by atoms with E-state index in [-0.39, 0.29) is 30.7 Å². The minimum Gasteiger partial charge on any atom is -0.376 e. The van der Waals surface area contributed by atoms with Gasteiger partial charge in [-0.05, 0) is 78.0 Å². The fourth-order valence-electron chi connectivity index (χ4n) is 3.33. The Morgan fingerprint density at radius 1 is 1.28 bits per heavy atom. The molecule has 5 nitrogen and oxygen atoms in total. The molecule has 0 aliphatic carbocycles. The lowest BCUT2D eigenvalue weighted by Gasteiger charge is -2.25. The second kappa shape index (κ2) is 9.50. The number of carbonyl (C=O) groups excluding carboxylic acids is 2. The van der Waals surface area contributed by atoms with Crippen LogP contribution in [0.2, 0.25) is 0 Å². The van der Waals surface area contributed by atoms with Crippen molar-refractivity contribution in [3.63, 3.8) is 0 Å².